The Morgan fingerprint density at radius 1 is 0.941 bits per heavy atom. The van der Waals surface area contributed by atoms with Crippen LogP contribution in [0.2, 0.25) is 0 Å². The van der Waals surface area contributed by atoms with Crippen LogP contribution in [0, 0.1) is 5.82 Å². The van der Waals surface area contributed by atoms with E-state index in [2.05, 4.69) is 24.0 Å². The van der Waals surface area contributed by atoms with Crippen LogP contribution in [0.1, 0.15) is 35.0 Å². The highest BCUT2D eigenvalue weighted by atomic mass is 19.1. The van der Waals surface area contributed by atoms with Crippen LogP contribution in [0.15, 0.2) is 83.8 Å². The van der Waals surface area contributed by atoms with E-state index < -0.39 is 5.82 Å². The molecule has 2 aliphatic rings. The average molecular weight is 453 g/mol. The molecule has 2 heterocycles. The molecule has 170 valence electrons. The van der Waals surface area contributed by atoms with Crippen LogP contribution in [0.4, 0.5) is 10.1 Å². The number of H-pyrrole nitrogens is 1. The molecular weight excluding hydrogens is 427 g/mol. The van der Waals surface area contributed by atoms with Crippen molar-refractivity contribution >= 4 is 5.69 Å². The molecule has 0 saturated carbocycles. The van der Waals surface area contributed by atoms with Crippen LogP contribution >= 0.6 is 0 Å². The maximum Gasteiger partial charge on any atom is 0.278 e. The quantitative estimate of drug-likeness (QED) is 0.351. The maximum atomic E-state index is 14.9. The summed E-state index contributed by atoms with van der Waals surface area (Å²) in [5, 5.41) is 0. The Labute approximate surface area is 197 Å². The second kappa shape index (κ2) is 8.98. The molecule has 0 aliphatic carbocycles. The molecule has 2 aliphatic heterocycles. The highest BCUT2D eigenvalue weighted by Gasteiger charge is 2.21. The van der Waals surface area contributed by atoms with Crippen molar-refractivity contribution in [2.75, 3.05) is 5.73 Å². The van der Waals surface area contributed by atoms with E-state index in [0.717, 1.165) is 23.2 Å². The minimum Gasteiger partial charge on any atom is -0.396 e. The molecule has 3 aromatic carbocycles. The van der Waals surface area contributed by atoms with Crippen molar-refractivity contribution in [3.63, 3.8) is 0 Å². The molecule has 0 bridgehead atoms. The Bertz CT molecular complexity index is 1490. The highest BCUT2D eigenvalue weighted by Crippen LogP contribution is 2.28. The molecule has 0 saturated heterocycles. The van der Waals surface area contributed by atoms with Crippen LogP contribution in [-0.4, -0.2) is 14.5 Å². The SMILES string of the molecule is CCc1cccc(Cc2nc3c(Cc4ccccc4)[nH]c(-c4cccc(N)c4F)cn-3c2=O)c1. The zero-order chi connectivity index (χ0) is 23.7. The summed E-state index contributed by atoms with van der Waals surface area (Å²) < 4.78 is 16.4. The second-order valence-corrected chi connectivity index (χ2v) is 8.43. The summed E-state index contributed by atoms with van der Waals surface area (Å²) in [6.07, 6.45) is 3.49. The van der Waals surface area contributed by atoms with Gasteiger partial charge in [0.15, 0.2) is 11.6 Å². The van der Waals surface area contributed by atoms with E-state index in [1.807, 2.05) is 42.5 Å². The minimum atomic E-state index is -0.520. The van der Waals surface area contributed by atoms with Gasteiger partial charge in [-0.1, -0.05) is 67.6 Å². The van der Waals surface area contributed by atoms with Crippen molar-refractivity contribution in [3.05, 3.63) is 123 Å². The summed E-state index contributed by atoms with van der Waals surface area (Å²) in [6, 6.07) is 22.9. The van der Waals surface area contributed by atoms with Gasteiger partial charge in [0.25, 0.3) is 5.56 Å². The first-order chi connectivity index (χ1) is 16.5. The summed E-state index contributed by atoms with van der Waals surface area (Å²) in [5.74, 6) is 0.0245. The Hall–Kier alpha value is -4.19. The third kappa shape index (κ3) is 4.10. The lowest BCUT2D eigenvalue weighted by atomic mass is 10.1. The standard InChI is InChI=1S/C28H25FN4O/c1-2-18-10-6-11-20(14-18)16-24-28(34)33-17-25(21-12-7-13-22(30)26(21)29)31-23(27(33)32-24)15-19-8-4-3-5-9-19/h3-14,17,31H,2,15-16,30H2,1H3. The molecule has 5 nitrogen and oxygen atoms in total. The van der Waals surface area contributed by atoms with Crippen LogP contribution < -0.4 is 11.3 Å². The molecule has 34 heavy (non-hydrogen) atoms. The number of aromatic amines is 1. The second-order valence-electron chi connectivity index (χ2n) is 8.43. The first-order valence-electron chi connectivity index (χ1n) is 11.3. The number of fused-ring (bicyclic) bond motifs is 1. The van der Waals surface area contributed by atoms with Gasteiger partial charge in [-0.3, -0.25) is 9.36 Å². The largest absolute Gasteiger partial charge is 0.396 e. The van der Waals surface area contributed by atoms with Crippen molar-refractivity contribution in [1.29, 1.82) is 0 Å². The molecule has 3 N–H and O–H groups in total. The van der Waals surface area contributed by atoms with Crippen molar-refractivity contribution in [3.8, 4) is 17.1 Å². The third-order valence-electron chi connectivity index (χ3n) is 6.06. The van der Waals surface area contributed by atoms with Gasteiger partial charge in [-0.25, -0.2) is 9.37 Å². The molecule has 0 amide bonds. The predicted molar refractivity (Wildman–Crippen MR) is 133 cm³/mol. The van der Waals surface area contributed by atoms with Gasteiger partial charge in [0.2, 0.25) is 0 Å². The molecule has 6 heteroatoms. The van der Waals surface area contributed by atoms with Crippen LogP contribution in [0.25, 0.3) is 17.1 Å². The fourth-order valence-electron chi connectivity index (χ4n) is 4.26. The van der Waals surface area contributed by atoms with Gasteiger partial charge in [0, 0.05) is 24.6 Å². The fraction of sp³-hybridized carbons (Fsp3) is 0.143. The number of imidazole rings is 1. The molecule has 5 rings (SSSR count). The summed E-state index contributed by atoms with van der Waals surface area (Å²) in [6.45, 7) is 2.10. The van der Waals surface area contributed by atoms with E-state index >= 15 is 0 Å². The number of anilines is 1. The number of halogens is 1. The van der Waals surface area contributed by atoms with Gasteiger partial charge >= 0.3 is 0 Å². The number of hydrogen-bond donors (Lipinski definition) is 2. The van der Waals surface area contributed by atoms with Crippen LogP contribution in [-0.2, 0) is 19.3 Å². The lowest BCUT2D eigenvalue weighted by Crippen LogP contribution is -2.18. The van der Waals surface area contributed by atoms with E-state index in [4.69, 9.17) is 10.7 Å². The average Bonchev–Trinajstić information content (AvgIpc) is 3.17. The zero-order valence-corrected chi connectivity index (χ0v) is 18.9. The summed E-state index contributed by atoms with van der Waals surface area (Å²) in [5.41, 5.74) is 10.9. The number of nitrogens with one attached hydrogen (secondary N) is 1. The van der Waals surface area contributed by atoms with Gasteiger partial charge in [0.05, 0.1) is 17.1 Å². The number of nitrogens with zero attached hydrogens (tertiary/aromatic N) is 2. The molecule has 0 atom stereocenters. The number of benzene rings is 3. The van der Waals surface area contributed by atoms with Crippen molar-refractivity contribution in [2.24, 2.45) is 0 Å². The number of nitrogen functional groups attached to an aromatic ring is 1. The minimum absolute atomic E-state index is 0.0556. The molecule has 0 spiro atoms. The smallest absolute Gasteiger partial charge is 0.278 e. The number of aryl methyl sites for hydroxylation is 1. The monoisotopic (exact) mass is 452 g/mol. The molecule has 0 unspecified atom stereocenters. The summed E-state index contributed by atoms with van der Waals surface area (Å²) in [4.78, 5) is 21.5. The molecular formula is C28H25FN4O. The van der Waals surface area contributed by atoms with Gasteiger partial charge in [-0.2, -0.15) is 0 Å². The van der Waals surface area contributed by atoms with Gasteiger partial charge < -0.3 is 10.7 Å². The van der Waals surface area contributed by atoms with Gasteiger partial charge in [0.1, 0.15) is 5.69 Å². The maximum absolute atomic E-state index is 14.9. The Morgan fingerprint density at radius 2 is 1.68 bits per heavy atom. The summed E-state index contributed by atoms with van der Waals surface area (Å²) >= 11 is 0. The number of nitrogens with two attached hydrogens (primary N) is 1. The first kappa shape index (κ1) is 21.6. The molecule has 3 aromatic rings. The Balaban J connectivity index is 1.66. The third-order valence-corrected chi connectivity index (χ3v) is 6.06. The fourth-order valence-corrected chi connectivity index (χ4v) is 4.26. The Morgan fingerprint density at radius 3 is 2.47 bits per heavy atom. The lowest BCUT2D eigenvalue weighted by molar-refractivity contribution is 0.635. The molecule has 0 aromatic heterocycles. The van der Waals surface area contributed by atoms with Crippen molar-refractivity contribution in [1.82, 2.24) is 14.5 Å². The summed E-state index contributed by atoms with van der Waals surface area (Å²) in [7, 11) is 0. The predicted octanol–water partition coefficient (Wildman–Crippen LogP) is 5.13. The number of hydrogen-bond acceptors (Lipinski definition) is 3. The van der Waals surface area contributed by atoms with E-state index in [1.54, 1.807) is 18.3 Å². The van der Waals surface area contributed by atoms with Crippen LogP contribution in [0.5, 0.6) is 0 Å². The Kier molecular flexibility index (Phi) is 5.72. The normalized spacial score (nSPS) is 11.2. The van der Waals surface area contributed by atoms with E-state index in [-0.39, 0.29) is 11.2 Å². The van der Waals surface area contributed by atoms with E-state index in [9.17, 15) is 9.18 Å². The van der Waals surface area contributed by atoms with E-state index in [1.165, 1.54) is 16.2 Å². The first-order valence-corrected chi connectivity index (χ1v) is 11.3. The highest BCUT2D eigenvalue weighted by molar-refractivity contribution is 5.66. The van der Waals surface area contributed by atoms with Gasteiger partial charge in [-0.05, 0) is 35.2 Å². The molecule has 0 fully saturated rings. The number of aromatic nitrogens is 3. The lowest BCUT2D eigenvalue weighted by Gasteiger charge is -2.14. The van der Waals surface area contributed by atoms with Crippen molar-refractivity contribution in [2.45, 2.75) is 26.2 Å². The number of rotatable bonds is 6. The van der Waals surface area contributed by atoms with E-state index in [0.29, 0.717) is 35.6 Å². The zero-order valence-electron chi connectivity index (χ0n) is 18.9. The van der Waals surface area contributed by atoms with Gasteiger partial charge in [-0.15, -0.1) is 0 Å². The molecule has 0 radical (unpaired) electrons. The van der Waals surface area contributed by atoms with Crippen LogP contribution in [0.3, 0.4) is 0 Å². The van der Waals surface area contributed by atoms with Crippen molar-refractivity contribution < 1.29 is 4.39 Å². The topological polar surface area (TPSA) is 76.7 Å².